The van der Waals surface area contributed by atoms with Crippen LogP contribution in [-0.4, -0.2) is 31.3 Å². The van der Waals surface area contributed by atoms with E-state index in [0.717, 1.165) is 48.0 Å². The van der Waals surface area contributed by atoms with Crippen molar-refractivity contribution in [3.05, 3.63) is 30.3 Å². The fraction of sp³-hybridized carbons (Fsp3) is 0.312. The standard InChI is InChI=1S/C16H16N2O2.H3N/c1-19-16-8-11(20-12-4-5-17-9-12)2-3-13(16)15-7-10-6-14(10)18-15;/h2-3,6-8,12,17H,4-5,9H2,1H3;1H3. The molecule has 1 aliphatic carbocycles. The summed E-state index contributed by atoms with van der Waals surface area (Å²) in [6, 6.07) is 10.1. The van der Waals surface area contributed by atoms with Gasteiger partial charge >= 0.3 is 0 Å². The summed E-state index contributed by atoms with van der Waals surface area (Å²) >= 11 is 0. The molecule has 1 saturated heterocycles. The first-order chi connectivity index (χ1) is 9.83. The molecule has 0 saturated carbocycles. The summed E-state index contributed by atoms with van der Waals surface area (Å²) in [6.45, 7) is 1.94. The van der Waals surface area contributed by atoms with Crippen LogP contribution < -0.4 is 20.9 Å². The monoisotopic (exact) mass is 285 g/mol. The van der Waals surface area contributed by atoms with Crippen LogP contribution in [0, 0.1) is 0 Å². The molecule has 1 atom stereocenters. The molecule has 0 radical (unpaired) electrons. The largest absolute Gasteiger partial charge is 0.496 e. The van der Waals surface area contributed by atoms with Gasteiger partial charge in [-0.2, -0.15) is 0 Å². The highest BCUT2D eigenvalue weighted by molar-refractivity contribution is 5.84. The molecular formula is C16H19N3O2. The van der Waals surface area contributed by atoms with Crippen LogP contribution in [0.15, 0.2) is 30.3 Å². The Morgan fingerprint density at radius 1 is 1.19 bits per heavy atom. The van der Waals surface area contributed by atoms with E-state index in [4.69, 9.17) is 9.47 Å². The topological polar surface area (TPSA) is 78.4 Å². The van der Waals surface area contributed by atoms with E-state index in [1.807, 2.05) is 18.2 Å². The molecule has 1 aromatic rings. The lowest BCUT2D eigenvalue weighted by molar-refractivity contribution is 0.222. The summed E-state index contributed by atoms with van der Waals surface area (Å²) in [7, 11) is 1.68. The normalized spacial score (nSPS) is 18.0. The maximum absolute atomic E-state index is 5.96. The highest BCUT2D eigenvalue weighted by Crippen LogP contribution is 2.40. The summed E-state index contributed by atoms with van der Waals surface area (Å²) in [4.78, 5) is 4.53. The van der Waals surface area contributed by atoms with Gasteiger partial charge in [0.15, 0.2) is 0 Å². The number of fused-ring (bicyclic) bond motifs is 1. The van der Waals surface area contributed by atoms with Crippen LogP contribution in [0.1, 0.15) is 6.42 Å². The van der Waals surface area contributed by atoms with Crippen molar-refractivity contribution in [1.29, 1.82) is 0 Å². The molecule has 1 aromatic carbocycles. The third-order valence-electron chi connectivity index (χ3n) is 3.80. The van der Waals surface area contributed by atoms with Gasteiger partial charge in [-0.05, 0) is 37.2 Å². The average molecular weight is 285 g/mol. The highest BCUT2D eigenvalue weighted by Gasteiger charge is 2.20. The quantitative estimate of drug-likeness (QED) is 0.770. The first kappa shape index (κ1) is 13.9. The number of methoxy groups -OCH3 is 1. The van der Waals surface area contributed by atoms with E-state index in [0.29, 0.717) is 0 Å². The minimum Gasteiger partial charge on any atom is -0.496 e. The number of nitrogens with zero attached hydrogens (tertiary/aromatic N) is 1. The molecular weight excluding hydrogens is 266 g/mol. The molecule has 5 heteroatoms. The molecule has 5 nitrogen and oxygen atoms in total. The summed E-state index contributed by atoms with van der Waals surface area (Å²) in [5, 5.41) is 3.30. The predicted octanol–water partition coefficient (Wildman–Crippen LogP) is 2.64. The average Bonchev–Trinajstić information content (AvgIpc) is 2.90. The summed E-state index contributed by atoms with van der Waals surface area (Å²) < 4.78 is 11.4. The minimum atomic E-state index is 0. The molecule has 4 N–H and O–H groups in total. The summed E-state index contributed by atoms with van der Waals surface area (Å²) in [5.41, 5.74) is 4.33. The van der Waals surface area contributed by atoms with Gasteiger partial charge in [0.25, 0.3) is 0 Å². The molecule has 2 aliphatic heterocycles. The molecule has 110 valence electrons. The second kappa shape index (κ2) is 5.35. The van der Waals surface area contributed by atoms with Crippen molar-refractivity contribution in [1.82, 2.24) is 16.5 Å². The number of benzene rings is 1. The van der Waals surface area contributed by atoms with E-state index in [1.165, 1.54) is 5.56 Å². The maximum atomic E-state index is 5.96. The van der Waals surface area contributed by atoms with Crippen LogP contribution in [0.3, 0.4) is 0 Å². The van der Waals surface area contributed by atoms with Crippen LogP contribution in [0.4, 0.5) is 0 Å². The molecule has 3 aliphatic rings. The Hall–Kier alpha value is -2.11. The van der Waals surface area contributed by atoms with Gasteiger partial charge in [-0.15, -0.1) is 0 Å². The van der Waals surface area contributed by atoms with Gasteiger partial charge < -0.3 is 20.9 Å². The Labute approximate surface area is 123 Å². The molecule has 0 amide bonds. The Bertz CT molecular complexity index is 646. The first-order valence-corrected chi connectivity index (χ1v) is 6.92. The highest BCUT2D eigenvalue weighted by atomic mass is 16.5. The lowest BCUT2D eigenvalue weighted by Gasteiger charge is -2.14. The van der Waals surface area contributed by atoms with Crippen molar-refractivity contribution in [2.45, 2.75) is 12.5 Å². The maximum Gasteiger partial charge on any atom is 0.131 e. The zero-order valence-corrected chi connectivity index (χ0v) is 12.1. The van der Waals surface area contributed by atoms with Crippen molar-refractivity contribution < 1.29 is 9.47 Å². The molecule has 1 fully saturated rings. The SMILES string of the molecule is COc1cc(OC2CCNC2)ccc1-c1cc2cc-2n1.N. The van der Waals surface area contributed by atoms with Gasteiger partial charge in [-0.3, -0.25) is 0 Å². The molecule has 4 rings (SSSR count). The van der Waals surface area contributed by atoms with E-state index in [2.05, 4.69) is 22.4 Å². The molecule has 2 heterocycles. The fourth-order valence-electron chi connectivity index (χ4n) is 2.65. The minimum absolute atomic E-state index is 0. The van der Waals surface area contributed by atoms with E-state index in [-0.39, 0.29) is 12.3 Å². The molecule has 0 spiro atoms. The lowest BCUT2D eigenvalue weighted by Crippen LogP contribution is -2.19. The zero-order valence-electron chi connectivity index (χ0n) is 12.1. The number of hydrogen-bond acceptors (Lipinski definition) is 5. The van der Waals surface area contributed by atoms with Gasteiger partial charge in [0.05, 0.1) is 18.5 Å². The van der Waals surface area contributed by atoms with Crippen LogP contribution in [0.2, 0.25) is 0 Å². The predicted molar refractivity (Wildman–Crippen MR) is 82.1 cm³/mol. The fourth-order valence-corrected chi connectivity index (χ4v) is 2.65. The summed E-state index contributed by atoms with van der Waals surface area (Å²) in [5.74, 6) is 1.67. The van der Waals surface area contributed by atoms with Crippen molar-refractivity contribution >= 4 is 0 Å². The van der Waals surface area contributed by atoms with Gasteiger partial charge in [0.2, 0.25) is 0 Å². The van der Waals surface area contributed by atoms with Crippen molar-refractivity contribution in [3.63, 3.8) is 0 Å². The zero-order chi connectivity index (χ0) is 13.5. The van der Waals surface area contributed by atoms with E-state index < -0.39 is 0 Å². The van der Waals surface area contributed by atoms with Gasteiger partial charge in [-0.25, -0.2) is 4.98 Å². The van der Waals surface area contributed by atoms with E-state index >= 15 is 0 Å². The number of pyridine rings is 1. The van der Waals surface area contributed by atoms with Crippen molar-refractivity contribution in [2.24, 2.45) is 0 Å². The third kappa shape index (κ3) is 2.57. The molecule has 0 bridgehead atoms. The molecule has 21 heavy (non-hydrogen) atoms. The second-order valence-corrected chi connectivity index (χ2v) is 5.22. The van der Waals surface area contributed by atoms with Crippen LogP contribution in [0.5, 0.6) is 11.5 Å². The summed E-state index contributed by atoms with van der Waals surface area (Å²) in [6.07, 6.45) is 1.31. The Morgan fingerprint density at radius 2 is 2.05 bits per heavy atom. The Kier molecular flexibility index (Phi) is 3.53. The van der Waals surface area contributed by atoms with Gasteiger partial charge in [-0.1, -0.05) is 0 Å². The number of aromatic nitrogens is 1. The molecule has 0 aromatic heterocycles. The van der Waals surface area contributed by atoms with Gasteiger partial charge in [0, 0.05) is 23.7 Å². The number of nitrogens with one attached hydrogen (secondary N) is 1. The van der Waals surface area contributed by atoms with Gasteiger partial charge in [0.1, 0.15) is 17.6 Å². The molecule has 1 unspecified atom stereocenters. The smallest absolute Gasteiger partial charge is 0.131 e. The lowest BCUT2D eigenvalue weighted by atomic mass is 10.1. The Balaban J connectivity index is 0.00000132. The van der Waals surface area contributed by atoms with Crippen molar-refractivity contribution in [3.8, 4) is 34.0 Å². The number of hydrogen-bond donors (Lipinski definition) is 2. The van der Waals surface area contributed by atoms with E-state index in [9.17, 15) is 0 Å². The number of rotatable bonds is 4. The van der Waals surface area contributed by atoms with Crippen molar-refractivity contribution in [2.75, 3.05) is 20.2 Å². The van der Waals surface area contributed by atoms with Crippen LogP contribution in [-0.2, 0) is 0 Å². The van der Waals surface area contributed by atoms with E-state index in [1.54, 1.807) is 7.11 Å². The number of ether oxygens (including phenoxy) is 2. The second-order valence-electron chi connectivity index (χ2n) is 5.22. The third-order valence-corrected chi connectivity index (χ3v) is 3.80. The van der Waals surface area contributed by atoms with Crippen LogP contribution >= 0.6 is 0 Å². The van der Waals surface area contributed by atoms with Crippen LogP contribution in [0.25, 0.3) is 22.5 Å². The Morgan fingerprint density at radius 3 is 2.71 bits per heavy atom. The first-order valence-electron chi connectivity index (χ1n) is 6.92.